The quantitative estimate of drug-likeness (QED) is 0.499. The molecular formula is C26H34F3N3O2S. The van der Waals surface area contributed by atoms with Gasteiger partial charge in [0.1, 0.15) is 11.0 Å². The van der Waals surface area contributed by atoms with Gasteiger partial charge in [0.05, 0.1) is 17.0 Å². The van der Waals surface area contributed by atoms with Gasteiger partial charge in [-0.3, -0.25) is 9.69 Å². The SMILES string of the molecule is CC(C)c1ccc(NC(=O)CN2CCC(N(C(C)C)S(=O)c3cccc(C(F)(F)F)c3)CC2)cc1. The number of alkyl halides is 3. The van der Waals surface area contributed by atoms with Crippen molar-refractivity contribution in [2.24, 2.45) is 0 Å². The highest BCUT2D eigenvalue weighted by Gasteiger charge is 2.34. The lowest BCUT2D eigenvalue weighted by atomic mass is 10.0. The summed E-state index contributed by atoms with van der Waals surface area (Å²) in [6, 6.07) is 12.4. The Kier molecular flexibility index (Phi) is 9.12. The fraction of sp³-hybridized carbons (Fsp3) is 0.500. The molecule has 1 fully saturated rings. The van der Waals surface area contributed by atoms with Gasteiger partial charge in [0.15, 0.2) is 0 Å². The molecule has 3 rings (SSSR count). The first-order valence-corrected chi connectivity index (χ1v) is 13.1. The molecule has 1 heterocycles. The monoisotopic (exact) mass is 509 g/mol. The van der Waals surface area contributed by atoms with E-state index >= 15 is 0 Å². The van der Waals surface area contributed by atoms with Crippen LogP contribution in [-0.4, -0.2) is 51.0 Å². The Morgan fingerprint density at radius 3 is 2.26 bits per heavy atom. The molecule has 0 aliphatic carbocycles. The summed E-state index contributed by atoms with van der Waals surface area (Å²) in [6.07, 6.45) is -3.12. The molecule has 192 valence electrons. The molecule has 0 aromatic heterocycles. The zero-order valence-corrected chi connectivity index (χ0v) is 21.5. The average Bonchev–Trinajstić information content (AvgIpc) is 2.80. The molecule has 1 saturated heterocycles. The first-order chi connectivity index (χ1) is 16.5. The Labute approximate surface area is 208 Å². The van der Waals surface area contributed by atoms with Gasteiger partial charge < -0.3 is 5.32 Å². The molecule has 0 spiro atoms. The standard InChI is InChI=1S/C26H34F3N3O2S/c1-18(2)20-8-10-22(11-9-20)30-25(33)17-31-14-12-23(13-15-31)32(19(3)4)35(34)24-7-5-6-21(16-24)26(27,28)29/h5-11,16,18-19,23H,12-15,17H2,1-4H3,(H,30,33). The van der Waals surface area contributed by atoms with Crippen molar-refractivity contribution in [3.63, 3.8) is 0 Å². The van der Waals surface area contributed by atoms with Crippen LogP contribution in [0.25, 0.3) is 0 Å². The van der Waals surface area contributed by atoms with E-state index in [0.29, 0.717) is 31.8 Å². The van der Waals surface area contributed by atoms with Crippen molar-refractivity contribution in [1.82, 2.24) is 9.21 Å². The molecule has 1 aliphatic rings. The minimum atomic E-state index is -4.48. The third-order valence-electron chi connectivity index (χ3n) is 6.21. The van der Waals surface area contributed by atoms with Gasteiger partial charge in [0, 0.05) is 30.9 Å². The minimum absolute atomic E-state index is 0.0479. The Morgan fingerprint density at radius 1 is 1.09 bits per heavy atom. The Bertz CT molecular complexity index is 1020. The second-order valence-corrected chi connectivity index (χ2v) is 11.0. The smallest absolute Gasteiger partial charge is 0.325 e. The number of anilines is 1. The number of hydrogen-bond donors (Lipinski definition) is 1. The molecular weight excluding hydrogens is 475 g/mol. The van der Waals surface area contributed by atoms with Crippen LogP contribution >= 0.6 is 0 Å². The summed E-state index contributed by atoms with van der Waals surface area (Å²) in [5.41, 5.74) is 1.17. The molecule has 0 saturated carbocycles. The minimum Gasteiger partial charge on any atom is -0.325 e. The van der Waals surface area contributed by atoms with Crippen molar-refractivity contribution in [1.29, 1.82) is 0 Å². The third-order valence-corrected chi connectivity index (χ3v) is 7.97. The molecule has 9 heteroatoms. The van der Waals surface area contributed by atoms with Gasteiger partial charge in [0.2, 0.25) is 5.91 Å². The number of nitrogens with zero attached hydrogens (tertiary/aromatic N) is 2. The summed E-state index contributed by atoms with van der Waals surface area (Å²) in [7, 11) is -1.71. The van der Waals surface area contributed by atoms with Gasteiger partial charge in [-0.15, -0.1) is 0 Å². The third kappa shape index (κ3) is 7.38. The fourth-order valence-corrected chi connectivity index (χ4v) is 5.87. The number of amides is 1. The van der Waals surface area contributed by atoms with Crippen molar-refractivity contribution in [2.75, 3.05) is 25.0 Å². The predicted octanol–water partition coefficient (Wildman–Crippen LogP) is 5.66. The van der Waals surface area contributed by atoms with Gasteiger partial charge in [-0.05, 0) is 68.5 Å². The van der Waals surface area contributed by atoms with Crippen LogP contribution in [0, 0.1) is 0 Å². The van der Waals surface area contributed by atoms with E-state index < -0.39 is 22.7 Å². The second kappa shape index (κ2) is 11.7. The topological polar surface area (TPSA) is 52.7 Å². The van der Waals surface area contributed by atoms with E-state index in [1.807, 2.05) is 38.1 Å². The molecule has 0 bridgehead atoms. The summed E-state index contributed by atoms with van der Waals surface area (Å²) < 4.78 is 54.5. The van der Waals surface area contributed by atoms with Gasteiger partial charge in [-0.25, -0.2) is 8.51 Å². The number of likely N-dealkylation sites (tertiary alicyclic amines) is 1. The zero-order chi connectivity index (χ0) is 25.8. The highest BCUT2D eigenvalue weighted by Crippen LogP contribution is 2.31. The largest absolute Gasteiger partial charge is 0.416 e. The number of piperidine rings is 1. The summed E-state index contributed by atoms with van der Waals surface area (Å²) >= 11 is 0. The van der Waals surface area contributed by atoms with Crippen molar-refractivity contribution in [2.45, 2.75) is 69.6 Å². The van der Waals surface area contributed by atoms with Crippen molar-refractivity contribution < 1.29 is 22.2 Å². The number of rotatable bonds is 8. The highest BCUT2D eigenvalue weighted by molar-refractivity contribution is 7.82. The molecule has 5 nitrogen and oxygen atoms in total. The van der Waals surface area contributed by atoms with E-state index in [1.54, 1.807) is 4.31 Å². The Balaban J connectivity index is 1.57. The molecule has 1 unspecified atom stereocenters. The van der Waals surface area contributed by atoms with Gasteiger partial charge in [-0.2, -0.15) is 13.2 Å². The number of carbonyl (C=O) groups is 1. The predicted molar refractivity (Wildman–Crippen MR) is 133 cm³/mol. The zero-order valence-electron chi connectivity index (χ0n) is 20.6. The maximum Gasteiger partial charge on any atom is 0.416 e. The second-order valence-electron chi connectivity index (χ2n) is 9.56. The molecule has 1 aliphatic heterocycles. The lowest BCUT2D eigenvalue weighted by Crippen LogP contribution is -2.49. The number of hydrogen-bond acceptors (Lipinski definition) is 3. The number of halogens is 3. The Hall–Kier alpha value is -2.23. The normalized spacial score (nSPS) is 16.7. The van der Waals surface area contributed by atoms with Gasteiger partial charge in [-0.1, -0.05) is 32.0 Å². The van der Waals surface area contributed by atoms with E-state index in [1.165, 1.54) is 17.7 Å². The lowest BCUT2D eigenvalue weighted by Gasteiger charge is -2.39. The summed E-state index contributed by atoms with van der Waals surface area (Å²) in [5.74, 6) is 0.336. The van der Waals surface area contributed by atoms with Crippen LogP contribution in [0.15, 0.2) is 53.4 Å². The van der Waals surface area contributed by atoms with Gasteiger partial charge in [0.25, 0.3) is 0 Å². The van der Waals surface area contributed by atoms with Gasteiger partial charge >= 0.3 is 6.18 Å². The summed E-state index contributed by atoms with van der Waals surface area (Å²) in [5, 5.41) is 2.93. The van der Waals surface area contributed by atoms with Crippen LogP contribution < -0.4 is 5.32 Å². The molecule has 2 aromatic carbocycles. The first kappa shape index (κ1) is 27.4. The van der Waals surface area contributed by atoms with E-state index in [4.69, 9.17) is 0 Å². The fourth-order valence-electron chi connectivity index (χ4n) is 4.34. The van der Waals surface area contributed by atoms with E-state index in [9.17, 15) is 22.2 Å². The van der Waals surface area contributed by atoms with E-state index in [0.717, 1.165) is 17.8 Å². The molecule has 0 radical (unpaired) electrons. The number of benzene rings is 2. The number of carbonyl (C=O) groups excluding carboxylic acids is 1. The van der Waals surface area contributed by atoms with Crippen LogP contribution in [0.1, 0.15) is 57.6 Å². The first-order valence-electron chi connectivity index (χ1n) is 12.0. The van der Waals surface area contributed by atoms with E-state index in [-0.39, 0.29) is 29.4 Å². The van der Waals surface area contributed by atoms with E-state index in [2.05, 4.69) is 24.1 Å². The van der Waals surface area contributed by atoms with Crippen LogP contribution in [0.5, 0.6) is 0 Å². The molecule has 1 N–H and O–H groups in total. The highest BCUT2D eigenvalue weighted by atomic mass is 32.2. The average molecular weight is 510 g/mol. The summed E-state index contributed by atoms with van der Waals surface area (Å²) in [6.45, 7) is 9.59. The Morgan fingerprint density at radius 2 is 1.71 bits per heavy atom. The number of nitrogens with one attached hydrogen (secondary N) is 1. The molecule has 35 heavy (non-hydrogen) atoms. The van der Waals surface area contributed by atoms with Crippen molar-refractivity contribution in [3.05, 3.63) is 59.7 Å². The van der Waals surface area contributed by atoms with Crippen LogP contribution in [0.3, 0.4) is 0 Å². The summed E-state index contributed by atoms with van der Waals surface area (Å²) in [4.78, 5) is 14.7. The maximum atomic E-state index is 13.3. The van der Waals surface area contributed by atoms with Crippen LogP contribution in [0.2, 0.25) is 0 Å². The molecule has 1 atom stereocenters. The van der Waals surface area contributed by atoms with Crippen LogP contribution in [-0.2, 0) is 22.0 Å². The molecule has 2 aromatic rings. The lowest BCUT2D eigenvalue weighted by molar-refractivity contribution is -0.137. The molecule has 1 amide bonds. The maximum absolute atomic E-state index is 13.3. The van der Waals surface area contributed by atoms with Crippen LogP contribution in [0.4, 0.5) is 18.9 Å². The van der Waals surface area contributed by atoms with Crippen molar-refractivity contribution in [3.8, 4) is 0 Å². The van der Waals surface area contributed by atoms with Crippen molar-refractivity contribution >= 4 is 22.6 Å².